The second-order valence-corrected chi connectivity index (χ2v) is 5.06. The predicted molar refractivity (Wildman–Crippen MR) is 98.8 cm³/mol. The Hall–Kier alpha value is -3.21. The van der Waals surface area contributed by atoms with Crippen molar-refractivity contribution in [2.45, 2.75) is 0 Å². The fraction of sp³-hybridized carbons (Fsp3) is 0.150. The van der Waals surface area contributed by atoms with Gasteiger partial charge >= 0.3 is 0 Å². The van der Waals surface area contributed by atoms with Crippen LogP contribution < -0.4 is 19.5 Å². The highest BCUT2D eigenvalue weighted by molar-refractivity contribution is 5.92. The van der Waals surface area contributed by atoms with E-state index in [1.165, 1.54) is 6.08 Å². The minimum absolute atomic E-state index is 0.223. The van der Waals surface area contributed by atoms with Crippen molar-refractivity contribution in [2.75, 3.05) is 21.3 Å². The van der Waals surface area contributed by atoms with Crippen LogP contribution in [0.3, 0.4) is 0 Å². The van der Waals surface area contributed by atoms with Crippen molar-refractivity contribution < 1.29 is 19.0 Å². The molecule has 0 atom stereocenters. The number of hydrogen-bond donors (Lipinski definition) is 1. The van der Waals surface area contributed by atoms with Gasteiger partial charge in [0.15, 0.2) is 11.5 Å². The van der Waals surface area contributed by atoms with Gasteiger partial charge < -0.3 is 19.5 Å². The summed E-state index contributed by atoms with van der Waals surface area (Å²) in [6.07, 6.45) is 6.57. The first-order chi connectivity index (χ1) is 12.2. The highest BCUT2D eigenvalue weighted by Gasteiger charge is 2.02. The molecule has 0 heterocycles. The third-order valence-corrected chi connectivity index (χ3v) is 3.45. The number of methoxy groups -OCH3 is 3. The fourth-order valence-electron chi connectivity index (χ4n) is 2.11. The number of rotatable bonds is 7. The van der Waals surface area contributed by atoms with E-state index in [-0.39, 0.29) is 5.91 Å². The molecule has 0 bridgehead atoms. The van der Waals surface area contributed by atoms with Crippen molar-refractivity contribution in [2.24, 2.45) is 0 Å². The van der Waals surface area contributed by atoms with Crippen molar-refractivity contribution in [3.8, 4) is 17.2 Å². The Kier molecular flexibility index (Phi) is 6.65. The molecule has 0 aliphatic rings. The topological polar surface area (TPSA) is 56.8 Å². The van der Waals surface area contributed by atoms with E-state index in [4.69, 9.17) is 14.2 Å². The van der Waals surface area contributed by atoms with Gasteiger partial charge in [-0.3, -0.25) is 4.79 Å². The van der Waals surface area contributed by atoms with Gasteiger partial charge in [0.25, 0.3) is 0 Å². The summed E-state index contributed by atoms with van der Waals surface area (Å²) in [6, 6.07) is 13.0. The molecule has 0 aliphatic carbocycles. The SMILES string of the molecule is COc1ccc(/C=C/NC(=O)/C=C/c2ccc(OC)c(OC)c2)cc1. The average molecular weight is 339 g/mol. The van der Waals surface area contributed by atoms with E-state index in [9.17, 15) is 4.79 Å². The maximum atomic E-state index is 11.9. The Morgan fingerprint density at radius 3 is 2.16 bits per heavy atom. The normalized spacial score (nSPS) is 10.8. The zero-order valence-electron chi connectivity index (χ0n) is 14.5. The zero-order valence-corrected chi connectivity index (χ0v) is 14.5. The summed E-state index contributed by atoms with van der Waals surface area (Å²) in [7, 11) is 4.77. The van der Waals surface area contributed by atoms with Crippen molar-refractivity contribution in [1.82, 2.24) is 5.32 Å². The number of carbonyl (C=O) groups excluding carboxylic acids is 1. The van der Waals surface area contributed by atoms with Gasteiger partial charge in [-0.25, -0.2) is 0 Å². The third kappa shape index (κ3) is 5.42. The molecule has 2 aromatic carbocycles. The molecule has 5 nitrogen and oxygen atoms in total. The molecule has 0 saturated heterocycles. The van der Waals surface area contributed by atoms with Crippen molar-refractivity contribution in [3.05, 3.63) is 65.9 Å². The molecule has 0 spiro atoms. The lowest BCUT2D eigenvalue weighted by atomic mass is 10.2. The van der Waals surface area contributed by atoms with Crippen LogP contribution in [0.4, 0.5) is 0 Å². The Balaban J connectivity index is 1.92. The first kappa shape index (κ1) is 18.1. The van der Waals surface area contributed by atoms with Gasteiger partial charge in [-0.05, 0) is 47.5 Å². The van der Waals surface area contributed by atoms with Crippen molar-refractivity contribution in [1.29, 1.82) is 0 Å². The fourth-order valence-corrected chi connectivity index (χ4v) is 2.11. The van der Waals surface area contributed by atoms with Crippen molar-refractivity contribution in [3.63, 3.8) is 0 Å². The first-order valence-corrected chi connectivity index (χ1v) is 7.67. The average Bonchev–Trinajstić information content (AvgIpc) is 2.66. The number of hydrogen-bond acceptors (Lipinski definition) is 4. The summed E-state index contributed by atoms with van der Waals surface area (Å²) in [5.74, 6) is 1.83. The summed E-state index contributed by atoms with van der Waals surface area (Å²) >= 11 is 0. The van der Waals surface area contributed by atoms with Gasteiger partial charge in [-0.2, -0.15) is 0 Å². The number of nitrogens with one attached hydrogen (secondary N) is 1. The number of carbonyl (C=O) groups is 1. The summed E-state index contributed by atoms with van der Waals surface area (Å²) < 4.78 is 15.5. The molecule has 25 heavy (non-hydrogen) atoms. The lowest BCUT2D eigenvalue weighted by Crippen LogP contribution is -2.13. The molecule has 0 unspecified atom stereocenters. The van der Waals surface area contributed by atoms with Crippen LogP contribution in [0, 0.1) is 0 Å². The first-order valence-electron chi connectivity index (χ1n) is 7.67. The highest BCUT2D eigenvalue weighted by atomic mass is 16.5. The maximum Gasteiger partial charge on any atom is 0.247 e. The summed E-state index contributed by atoms with van der Waals surface area (Å²) in [4.78, 5) is 11.9. The Morgan fingerprint density at radius 1 is 0.840 bits per heavy atom. The van der Waals surface area contributed by atoms with E-state index in [0.717, 1.165) is 16.9 Å². The number of amides is 1. The zero-order chi connectivity index (χ0) is 18.1. The van der Waals surface area contributed by atoms with Crippen LogP contribution in [-0.4, -0.2) is 27.2 Å². The van der Waals surface area contributed by atoms with Crippen molar-refractivity contribution >= 4 is 18.1 Å². The van der Waals surface area contributed by atoms with Crippen LogP contribution in [-0.2, 0) is 4.79 Å². The van der Waals surface area contributed by atoms with Crippen LogP contribution in [0.5, 0.6) is 17.2 Å². The molecule has 1 N–H and O–H groups in total. The molecule has 0 radical (unpaired) electrons. The highest BCUT2D eigenvalue weighted by Crippen LogP contribution is 2.27. The van der Waals surface area contributed by atoms with E-state index in [0.29, 0.717) is 11.5 Å². The van der Waals surface area contributed by atoms with Gasteiger partial charge in [0.1, 0.15) is 5.75 Å². The summed E-state index contributed by atoms with van der Waals surface area (Å²) in [5.41, 5.74) is 1.80. The number of benzene rings is 2. The lowest BCUT2D eigenvalue weighted by Gasteiger charge is -2.07. The van der Waals surface area contributed by atoms with Crippen LogP contribution in [0.15, 0.2) is 54.7 Å². The molecule has 2 rings (SSSR count). The number of ether oxygens (including phenoxy) is 3. The van der Waals surface area contributed by atoms with E-state index in [2.05, 4.69) is 5.32 Å². The van der Waals surface area contributed by atoms with E-state index in [1.807, 2.05) is 36.4 Å². The smallest absolute Gasteiger partial charge is 0.247 e. The van der Waals surface area contributed by atoms with Gasteiger partial charge in [-0.1, -0.05) is 18.2 Å². The van der Waals surface area contributed by atoms with E-state index < -0.39 is 0 Å². The Labute approximate surface area is 147 Å². The van der Waals surface area contributed by atoms with Crippen LogP contribution in [0.1, 0.15) is 11.1 Å². The standard InChI is InChI=1S/C20H21NO4/c1-23-17-8-4-15(5-9-17)12-13-21-20(22)11-7-16-6-10-18(24-2)19(14-16)25-3/h4-14H,1-3H3,(H,21,22)/b11-7+,13-12+. The molecule has 1 amide bonds. The molecule has 2 aromatic rings. The molecule has 0 fully saturated rings. The van der Waals surface area contributed by atoms with E-state index >= 15 is 0 Å². The summed E-state index contributed by atoms with van der Waals surface area (Å²) in [6.45, 7) is 0. The molecule has 0 aromatic heterocycles. The summed E-state index contributed by atoms with van der Waals surface area (Å²) in [5, 5.41) is 2.69. The molecule has 0 saturated carbocycles. The quantitative estimate of drug-likeness (QED) is 0.784. The maximum absolute atomic E-state index is 11.9. The second-order valence-electron chi connectivity index (χ2n) is 5.06. The molecule has 0 aliphatic heterocycles. The van der Waals surface area contributed by atoms with Crippen LogP contribution >= 0.6 is 0 Å². The molecule has 5 heteroatoms. The largest absolute Gasteiger partial charge is 0.497 e. The molecular weight excluding hydrogens is 318 g/mol. The molecule has 130 valence electrons. The lowest BCUT2D eigenvalue weighted by molar-refractivity contribution is -0.115. The predicted octanol–water partition coefficient (Wildman–Crippen LogP) is 3.51. The Bertz CT molecular complexity index is 764. The minimum Gasteiger partial charge on any atom is -0.497 e. The van der Waals surface area contributed by atoms with Gasteiger partial charge in [-0.15, -0.1) is 0 Å². The monoisotopic (exact) mass is 339 g/mol. The van der Waals surface area contributed by atoms with E-state index in [1.54, 1.807) is 45.7 Å². The third-order valence-electron chi connectivity index (χ3n) is 3.45. The second kappa shape index (κ2) is 9.17. The molecular formula is C20H21NO4. The Morgan fingerprint density at radius 2 is 1.52 bits per heavy atom. The van der Waals surface area contributed by atoms with Gasteiger partial charge in [0, 0.05) is 12.3 Å². The van der Waals surface area contributed by atoms with Crippen LogP contribution in [0.25, 0.3) is 12.2 Å². The van der Waals surface area contributed by atoms with Gasteiger partial charge in [0.05, 0.1) is 21.3 Å². The van der Waals surface area contributed by atoms with Crippen LogP contribution in [0.2, 0.25) is 0 Å². The van der Waals surface area contributed by atoms with Gasteiger partial charge in [0.2, 0.25) is 5.91 Å². The minimum atomic E-state index is -0.223.